The summed E-state index contributed by atoms with van der Waals surface area (Å²) in [6.07, 6.45) is 0.910. The van der Waals surface area contributed by atoms with Crippen molar-refractivity contribution in [3.63, 3.8) is 0 Å². The maximum absolute atomic E-state index is 12.9. The van der Waals surface area contributed by atoms with Crippen LogP contribution in [0.25, 0.3) is 0 Å². The molecule has 7 heteroatoms. The first kappa shape index (κ1) is 19.5. The largest absolute Gasteiger partial charge is 0.396 e. The van der Waals surface area contributed by atoms with Crippen molar-refractivity contribution in [2.75, 3.05) is 13.2 Å². The summed E-state index contributed by atoms with van der Waals surface area (Å²) in [6, 6.07) is 11.9. The Balaban J connectivity index is 1.88. The van der Waals surface area contributed by atoms with Crippen LogP contribution in [-0.4, -0.2) is 31.8 Å². The maximum Gasteiger partial charge on any atom is 0.240 e. The highest BCUT2D eigenvalue weighted by Crippen LogP contribution is 2.18. The zero-order chi connectivity index (χ0) is 18.3. The minimum atomic E-state index is -3.66. The van der Waals surface area contributed by atoms with Gasteiger partial charge in [-0.3, -0.25) is 0 Å². The summed E-state index contributed by atoms with van der Waals surface area (Å²) in [5, 5.41) is 18.7. The highest BCUT2D eigenvalue weighted by Gasteiger charge is 2.13. The molecule has 5 nitrogen and oxygen atoms in total. The van der Waals surface area contributed by atoms with E-state index >= 15 is 0 Å². The number of rotatable bonds is 9. The summed E-state index contributed by atoms with van der Waals surface area (Å²) in [7, 11) is -3.66. The van der Waals surface area contributed by atoms with Gasteiger partial charge in [0.05, 0.1) is 11.0 Å². The fourth-order valence-electron chi connectivity index (χ4n) is 2.38. The van der Waals surface area contributed by atoms with Crippen molar-refractivity contribution >= 4 is 10.0 Å². The van der Waals surface area contributed by atoms with E-state index in [1.54, 1.807) is 12.1 Å². The Morgan fingerprint density at radius 2 is 1.68 bits per heavy atom. The van der Waals surface area contributed by atoms with Crippen molar-refractivity contribution in [3.05, 3.63) is 65.5 Å². The summed E-state index contributed by atoms with van der Waals surface area (Å²) >= 11 is 0. The predicted molar refractivity (Wildman–Crippen MR) is 93.0 cm³/mol. The van der Waals surface area contributed by atoms with Gasteiger partial charge in [-0.1, -0.05) is 24.3 Å². The summed E-state index contributed by atoms with van der Waals surface area (Å²) < 4.78 is 39.5. The molecular formula is C18H22FNO4S. The Morgan fingerprint density at radius 3 is 2.28 bits per heavy atom. The molecule has 0 aliphatic carbocycles. The Labute approximate surface area is 147 Å². The zero-order valence-electron chi connectivity index (χ0n) is 13.7. The van der Waals surface area contributed by atoms with Gasteiger partial charge in [-0.05, 0) is 54.7 Å². The monoisotopic (exact) mass is 367 g/mol. The molecule has 0 heterocycles. The van der Waals surface area contributed by atoms with Gasteiger partial charge in [0.25, 0.3) is 0 Å². The van der Waals surface area contributed by atoms with E-state index in [-0.39, 0.29) is 18.0 Å². The van der Waals surface area contributed by atoms with Crippen LogP contribution in [0.2, 0.25) is 0 Å². The second-order valence-electron chi connectivity index (χ2n) is 5.72. The van der Waals surface area contributed by atoms with Crippen LogP contribution in [0.5, 0.6) is 0 Å². The van der Waals surface area contributed by atoms with Crippen LogP contribution in [0.15, 0.2) is 53.4 Å². The van der Waals surface area contributed by atoms with E-state index in [1.807, 2.05) is 12.1 Å². The fourth-order valence-corrected chi connectivity index (χ4v) is 3.42. The van der Waals surface area contributed by atoms with Crippen LogP contribution < -0.4 is 4.72 Å². The van der Waals surface area contributed by atoms with Crippen LogP contribution in [0, 0.1) is 5.82 Å². The molecule has 0 spiro atoms. The van der Waals surface area contributed by atoms with Crippen LogP contribution in [0.1, 0.15) is 30.1 Å². The van der Waals surface area contributed by atoms with Gasteiger partial charge in [-0.15, -0.1) is 0 Å². The van der Waals surface area contributed by atoms with E-state index in [0.29, 0.717) is 19.3 Å². The van der Waals surface area contributed by atoms with Gasteiger partial charge in [0.1, 0.15) is 5.82 Å². The molecule has 1 atom stereocenters. The Morgan fingerprint density at radius 1 is 1.04 bits per heavy atom. The van der Waals surface area contributed by atoms with Gasteiger partial charge >= 0.3 is 0 Å². The van der Waals surface area contributed by atoms with Gasteiger partial charge in [0.15, 0.2) is 0 Å². The van der Waals surface area contributed by atoms with Crippen molar-refractivity contribution in [3.8, 4) is 0 Å². The highest BCUT2D eigenvalue weighted by atomic mass is 32.2. The average molecular weight is 367 g/mol. The molecule has 3 N–H and O–H groups in total. The summed E-state index contributed by atoms with van der Waals surface area (Å²) in [5.41, 5.74) is 1.70. The third-order valence-electron chi connectivity index (χ3n) is 3.83. The zero-order valence-corrected chi connectivity index (χ0v) is 14.5. The van der Waals surface area contributed by atoms with Gasteiger partial charge < -0.3 is 10.2 Å². The number of aliphatic hydroxyl groups is 2. The number of halogens is 1. The lowest BCUT2D eigenvalue weighted by Gasteiger charge is -2.11. The standard InChI is InChI=1S/C18H22FNO4S/c19-16-7-9-17(10-8-16)25(23,24)20-12-11-14-3-5-15(6-4-14)18(22)2-1-13-21/h3-10,18,20-22H,1-2,11-13H2. The normalized spacial score (nSPS) is 12.9. The van der Waals surface area contributed by atoms with E-state index in [2.05, 4.69) is 4.72 Å². The van der Waals surface area contributed by atoms with Gasteiger partial charge in [0, 0.05) is 13.2 Å². The number of sulfonamides is 1. The molecule has 2 aromatic carbocycles. The van der Waals surface area contributed by atoms with Crippen LogP contribution in [-0.2, 0) is 16.4 Å². The van der Waals surface area contributed by atoms with Crippen molar-refractivity contribution in [1.29, 1.82) is 0 Å². The summed E-state index contributed by atoms with van der Waals surface area (Å²) in [4.78, 5) is 0.0243. The molecule has 0 aliphatic heterocycles. The molecule has 0 amide bonds. The van der Waals surface area contributed by atoms with Crippen molar-refractivity contribution in [2.45, 2.75) is 30.3 Å². The first-order chi connectivity index (χ1) is 11.9. The number of nitrogens with one attached hydrogen (secondary N) is 1. The lowest BCUT2D eigenvalue weighted by molar-refractivity contribution is 0.152. The third kappa shape index (κ3) is 5.89. The van der Waals surface area contributed by atoms with Gasteiger partial charge in [-0.2, -0.15) is 0 Å². The number of hydrogen-bond acceptors (Lipinski definition) is 4. The van der Waals surface area contributed by atoms with E-state index in [1.165, 1.54) is 12.1 Å². The Hall–Kier alpha value is -1.80. The molecule has 0 aromatic heterocycles. The number of hydrogen-bond donors (Lipinski definition) is 3. The average Bonchev–Trinajstić information content (AvgIpc) is 2.60. The summed E-state index contributed by atoms with van der Waals surface area (Å²) in [6.45, 7) is 0.259. The Bertz CT molecular complexity index is 761. The lowest BCUT2D eigenvalue weighted by Crippen LogP contribution is -2.26. The fraction of sp³-hybridized carbons (Fsp3) is 0.333. The molecule has 0 fully saturated rings. The molecule has 1 unspecified atom stereocenters. The molecular weight excluding hydrogens is 345 g/mol. The molecule has 0 saturated heterocycles. The quantitative estimate of drug-likeness (QED) is 0.634. The second kappa shape index (κ2) is 9.05. The van der Waals surface area contributed by atoms with Gasteiger partial charge in [0.2, 0.25) is 10.0 Å². The van der Waals surface area contributed by atoms with Crippen LogP contribution in [0.3, 0.4) is 0 Å². The van der Waals surface area contributed by atoms with E-state index in [0.717, 1.165) is 23.3 Å². The first-order valence-electron chi connectivity index (χ1n) is 8.05. The van der Waals surface area contributed by atoms with E-state index in [9.17, 15) is 17.9 Å². The molecule has 25 heavy (non-hydrogen) atoms. The smallest absolute Gasteiger partial charge is 0.240 e. The second-order valence-corrected chi connectivity index (χ2v) is 7.49. The van der Waals surface area contributed by atoms with Crippen molar-refractivity contribution in [2.24, 2.45) is 0 Å². The first-order valence-corrected chi connectivity index (χ1v) is 9.53. The van der Waals surface area contributed by atoms with Crippen LogP contribution >= 0.6 is 0 Å². The molecule has 0 radical (unpaired) electrons. The Kier molecular flexibility index (Phi) is 7.07. The predicted octanol–water partition coefficient (Wildman–Crippen LogP) is 2.15. The SMILES string of the molecule is O=S(=O)(NCCc1ccc(C(O)CCCO)cc1)c1ccc(F)cc1. The molecule has 2 aromatic rings. The lowest BCUT2D eigenvalue weighted by atomic mass is 10.0. The molecule has 0 bridgehead atoms. The number of benzene rings is 2. The third-order valence-corrected chi connectivity index (χ3v) is 5.31. The van der Waals surface area contributed by atoms with Crippen molar-refractivity contribution < 1.29 is 23.0 Å². The molecule has 136 valence electrons. The highest BCUT2D eigenvalue weighted by molar-refractivity contribution is 7.89. The van der Waals surface area contributed by atoms with Crippen LogP contribution in [0.4, 0.5) is 4.39 Å². The molecule has 2 rings (SSSR count). The van der Waals surface area contributed by atoms with E-state index < -0.39 is 21.9 Å². The topological polar surface area (TPSA) is 86.6 Å². The minimum Gasteiger partial charge on any atom is -0.396 e. The molecule has 0 saturated carbocycles. The minimum absolute atomic E-state index is 0.0243. The van der Waals surface area contributed by atoms with E-state index in [4.69, 9.17) is 5.11 Å². The van der Waals surface area contributed by atoms with Crippen molar-refractivity contribution in [1.82, 2.24) is 4.72 Å². The number of aliphatic hydroxyl groups excluding tert-OH is 2. The van der Waals surface area contributed by atoms with Gasteiger partial charge in [-0.25, -0.2) is 17.5 Å². The maximum atomic E-state index is 12.9. The molecule has 0 aliphatic rings. The summed E-state index contributed by atoms with van der Waals surface area (Å²) in [5.74, 6) is -0.486.